The highest BCUT2D eigenvalue weighted by atomic mass is 79.9. The Hall–Kier alpha value is -0.390. The van der Waals surface area contributed by atoms with E-state index in [9.17, 15) is 4.79 Å². The molecule has 1 amide bonds. The Labute approximate surface area is 106 Å². The molecule has 2 rings (SSSR count). The largest absolute Gasteiger partial charge is 0.272 e. The molecule has 15 heavy (non-hydrogen) atoms. The van der Waals surface area contributed by atoms with Crippen LogP contribution in [0.3, 0.4) is 0 Å². The van der Waals surface area contributed by atoms with Gasteiger partial charge in [-0.15, -0.1) is 0 Å². The van der Waals surface area contributed by atoms with Crippen LogP contribution in [0.1, 0.15) is 5.56 Å². The van der Waals surface area contributed by atoms with Gasteiger partial charge in [-0.25, -0.2) is 0 Å². The van der Waals surface area contributed by atoms with Crippen molar-refractivity contribution in [2.75, 3.05) is 4.90 Å². The molecule has 1 atom stereocenters. The van der Waals surface area contributed by atoms with Crippen LogP contribution in [0.25, 0.3) is 0 Å². The van der Waals surface area contributed by atoms with Gasteiger partial charge in [0.2, 0.25) is 0 Å². The maximum Gasteiger partial charge on any atom is 0.256 e. The number of alkyl halides is 1. The van der Waals surface area contributed by atoms with E-state index < -0.39 is 0 Å². The summed E-state index contributed by atoms with van der Waals surface area (Å²) in [6.07, 6.45) is 0. The third-order valence-electron chi connectivity index (χ3n) is 2.09. The second-order valence-corrected chi connectivity index (χ2v) is 6.47. The van der Waals surface area contributed by atoms with E-state index in [4.69, 9.17) is 12.2 Å². The number of anilines is 1. The molecule has 0 saturated carbocycles. The standard InChI is InChI=1S/C10H8BrNOS2/c1-6-2-4-7(5-3-6)12-9(13)8(11)15-10(12)14/h2-5,8H,1H3. The Kier molecular flexibility index (Phi) is 3.13. The van der Waals surface area contributed by atoms with Crippen LogP contribution in [0, 0.1) is 6.92 Å². The van der Waals surface area contributed by atoms with Crippen molar-refractivity contribution in [2.24, 2.45) is 0 Å². The van der Waals surface area contributed by atoms with E-state index in [1.165, 1.54) is 17.3 Å². The first kappa shape index (κ1) is 11.1. The van der Waals surface area contributed by atoms with Gasteiger partial charge in [-0.05, 0) is 19.1 Å². The van der Waals surface area contributed by atoms with Crippen LogP contribution in [0.15, 0.2) is 24.3 Å². The Balaban J connectivity index is 2.35. The number of benzene rings is 1. The lowest BCUT2D eigenvalue weighted by Gasteiger charge is -2.14. The average Bonchev–Trinajstić information content (AvgIpc) is 2.44. The van der Waals surface area contributed by atoms with Gasteiger partial charge in [0.15, 0.2) is 0 Å². The lowest BCUT2D eigenvalue weighted by molar-refractivity contribution is -0.115. The van der Waals surface area contributed by atoms with E-state index in [0.29, 0.717) is 4.32 Å². The van der Waals surface area contributed by atoms with Crippen LogP contribution < -0.4 is 4.90 Å². The van der Waals surface area contributed by atoms with Gasteiger partial charge in [-0.3, -0.25) is 9.69 Å². The van der Waals surface area contributed by atoms with Crippen LogP contribution in [0.4, 0.5) is 5.69 Å². The summed E-state index contributed by atoms with van der Waals surface area (Å²) in [6, 6.07) is 7.76. The Morgan fingerprint density at radius 2 is 2.00 bits per heavy atom. The van der Waals surface area contributed by atoms with Crippen LogP contribution in [-0.2, 0) is 4.79 Å². The third-order valence-corrected chi connectivity index (χ3v) is 4.31. The molecule has 1 aliphatic rings. The zero-order valence-electron chi connectivity index (χ0n) is 7.94. The molecule has 2 nitrogen and oxygen atoms in total. The predicted molar refractivity (Wildman–Crippen MR) is 71.6 cm³/mol. The van der Waals surface area contributed by atoms with Crippen LogP contribution in [0.5, 0.6) is 0 Å². The maximum atomic E-state index is 11.8. The Morgan fingerprint density at radius 3 is 2.47 bits per heavy atom. The van der Waals surface area contributed by atoms with Crippen molar-refractivity contribution in [2.45, 2.75) is 11.1 Å². The molecule has 0 bridgehead atoms. The van der Waals surface area contributed by atoms with Crippen molar-refractivity contribution in [3.8, 4) is 0 Å². The zero-order valence-corrected chi connectivity index (χ0v) is 11.2. The number of carbonyl (C=O) groups is 1. The second kappa shape index (κ2) is 4.23. The van der Waals surface area contributed by atoms with Crippen molar-refractivity contribution in [3.63, 3.8) is 0 Å². The Morgan fingerprint density at radius 1 is 1.40 bits per heavy atom. The first-order valence-electron chi connectivity index (χ1n) is 4.35. The molecular formula is C10H8BrNOS2. The van der Waals surface area contributed by atoms with E-state index in [1.54, 1.807) is 4.90 Å². The molecule has 0 aromatic heterocycles. The lowest BCUT2D eigenvalue weighted by Crippen LogP contribution is -2.29. The highest BCUT2D eigenvalue weighted by Crippen LogP contribution is 2.34. The summed E-state index contributed by atoms with van der Waals surface area (Å²) in [5, 5.41) is 0. The first-order chi connectivity index (χ1) is 7.09. The van der Waals surface area contributed by atoms with Crippen molar-refractivity contribution >= 4 is 55.8 Å². The van der Waals surface area contributed by atoms with Gasteiger partial charge in [0.1, 0.15) is 8.48 Å². The predicted octanol–water partition coefficient (Wildman–Crippen LogP) is 3.08. The summed E-state index contributed by atoms with van der Waals surface area (Å²) in [5.41, 5.74) is 2.00. The zero-order chi connectivity index (χ0) is 11.0. The molecule has 1 aromatic rings. The van der Waals surface area contributed by atoms with Crippen LogP contribution in [0.2, 0.25) is 0 Å². The smallest absolute Gasteiger partial charge is 0.256 e. The molecule has 0 spiro atoms. The summed E-state index contributed by atoms with van der Waals surface area (Å²) in [4.78, 5) is 13.3. The van der Waals surface area contributed by atoms with Gasteiger partial charge in [-0.2, -0.15) is 0 Å². The van der Waals surface area contributed by atoms with Crippen LogP contribution in [-0.4, -0.2) is 14.4 Å². The van der Waals surface area contributed by atoms with Gasteiger partial charge in [0.25, 0.3) is 5.91 Å². The number of hydrogen-bond donors (Lipinski definition) is 0. The van der Waals surface area contributed by atoms with E-state index in [0.717, 1.165) is 5.69 Å². The van der Waals surface area contributed by atoms with Crippen LogP contribution >= 0.6 is 39.9 Å². The van der Waals surface area contributed by atoms with Crippen molar-refractivity contribution < 1.29 is 4.79 Å². The minimum absolute atomic E-state index is 0.00569. The normalized spacial score (nSPS) is 21.2. The Bertz CT molecular complexity index is 418. The van der Waals surface area contributed by atoms with E-state index in [-0.39, 0.29) is 10.1 Å². The molecule has 1 saturated heterocycles. The minimum atomic E-state index is -0.244. The third kappa shape index (κ3) is 2.09. The fourth-order valence-corrected chi connectivity index (χ4v) is 3.58. The highest BCUT2D eigenvalue weighted by Gasteiger charge is 2.35. The number of aryl methyl sites for hydroxylation is 1. The fraction of sp³-hybridized carbons (Fsp3) is 0.200. The number of carbonyl (C=O) groups excluding carboxylic acids is 1. The summed E-state index contributed by atoms with van der Waals surface area (Å²) in [5.74, 6) is -0.00569. The molecule has 1 aromatic carbocycles. The molecule has 0 aliphatic carbocycles. The molecule has 5 heteroatoms. The quantitative estimate of drug-likeness (QED) is 0.587. The van der Waals surface area contributed by atoms with Gasteiger partial charge in [-0.1, -0.05) is 57.6 Å². The number of halogens is 1. The number of thiocarbonyl (C=S) groups is 1. The molecule has 78 valence electrons. The van der Waals surface area contributed by atoms with Crippen molar-refractivity contribution in [1.29, 1.82) is 0 Å². The molecule has 1 unspecified atom stereocenters. The number of nitrogens with zero attached hydrogens (tertiary/aromatic N) is 1. The molecule has 1 fully saturated rings. The molecule has 1 aliphatic heterocycles. The second-order valence-electron chi connectivity index (χ2n) is 3.21. The summed E-state index contributed by atoms with van der Waals surface area (Å²) in [6.45, 7) is 2.01. The van der Waals surface area contributed by atoms with Gasteiger partial charge < -0.3 is 0 Å². The van der Waals surface area contributed by atoms with Crippen molar-refractivity contribution in [1.82, 2.24) is 0 Å². The number of rotatable bonds is 1. The molecule has 0 N–H and O–H groups in total. The topological polar surface area (TPSA) is 20.3 Å². The summed E-state index contributed by atoms with van der Waals surface area (Å²) in [7, 11) is 0. The summed E-state index contributed by atoms with van der Waals surface area (Å²) < 4.78 is 0.358. The SMILES string of the molecule is Cc1ccc(N2C(=O)C(Br)SC2=S)cc1. The van der Waals surface area contributed by atoms with E-state index in [1.807, 2.05) is 31.2 Å². The molecule has 1 heterocycles. The van der Waals surface area contributed by atoms with E-state index >= 15 is 0 Å². The maximum absolute atomic E-state index is 11.8. The lowest BCUT2D eigenvalue weighted by atomic mass is 10.2. The molecular weight excluding hydrogens is 294 g/mol. The highest BCUT2D eigenvalue weighted by molar-refractivity contribution is 9.12. The monoisotopic (exact) mass is 301 g/mol. The van der Waals surface area contributed by atoms with Gasteiger partial charge in [0.05, 0.1) is 5.69 Å². The summed E-state index contributed by atoms with van der Waals surface area (Å²) >= 11 is 9.79. The minimum Gasteiger partial charge on any atom is -0.272 e. The first-order valence-corrected chi connectivity index (χ1v) is 6.55. The molecule has 0 radical (unpaired) electrons. The van der Waals surface area contributed by atoms with Gasteiger partial charge in [0, 0.05) is 0 Å². The fourth-order valence-electron chi connectivity index (χ4n) is 1.31. The van der Waals surface area contributed by atoms with E-state index in [2.05, 4.69) is 15.9 Å². The average molecular weight is 302 g/mol. The number of hydrogen-bond acceptors (Lipinski definition) is 3. The van der Waals surface area contributed by atoms with Crippen molar-refractivity contribution in [3.05, 3.63) is 29.8 Å². The van der Waals surface area contributed by atoms with Gasteiger partial charge >= 0.3 is 0 Å². The number of thioether (sulfide) groups is 1. The number of amides is 1.